The summed E-state index contributed by atoms with van der Waals surface area (Å²) in [7, 11) is 0. The molecule has 0 unspecified atom stereocenters. The molecular weight excluding hydrogens is 268 g/mol. The van der Waals surface area contributed by atoms with Gasteiger partial charge in [-0.15, -0.1) is 0 Å². The quantitative estimate of drug-likeness (QED) is 0.803. The van der Waals surface area contributed by atoms with E-state index < -0.39 is 0 Å². The zero-order valence-corrected chi connectivity index (χ0v) is 11.8. The van der Waals surface area contributed by atoms with Gasteiger partial charge in [0.05, 0.1) is 11.4 Å². The predicted molar refractivity (Wildman–Crippen MR) is 80.4 cm³/mol. The van der Waals surface area contributed by atoms with Crippen molar-refractivity contribution in [3.05, 3.63) is 35.7 Å². The number of H-pyrrole nitrogens is 1. The third-order valence-electron chi connectivity index (χ3n) is 3.72. The Morgan fingerprint density at radius 1 is 1.52 bits per heavy atom. The number of aromatic amines is 1. The molecule has 1 aliphatic rings. The number of nitrogens with zero attached hydrogens (tertiary/aromatic N) is 2. The summed E-state index contributed by atoms with van der Waals surface area (Å²) < 4.78 is 0. The highest BCUT2D eigenvalue weighted by Crippen LogP contribution is 2.42. The van der Waals surface area contributed by atoms with Crippen molar-refractivity contribution in [1.82, 2.24) is 10.2 Å². The van der Waals surface area contributed by atoms with E-state index in [0.29, 0.717) is 23.8 Å². The minimum Gasteiger partial charge on any atom is -0.508 e. The number of aromatic nitrogens is 2. The molecule has 0 radical (unpaired) electrons. The molecule has 6 nitrogen and oxygen atoms in total. The Bertz CT molecular complexity index is 676. The number of phenols is 1. The van der Waals surface area contributed by atoms with Gasteiger partial charge in [0, 0.05) is 24.2 Å². The second-order valence-corrected chi connectivity index (χ2v) is 5.24. The fourth-order valence-electron chi connectivity index (χ4n) is 2.44. The van der Waals surface area contributed by atoms with Crippen molar-refractivity contribution in [2.45, 2.75) is 25.7 Å². The van der Waals surface area contributed by atoms with Gasteiger partial charge < -0.3 is 15.7 Å². The van der Waals surface area contributed by atoms with Crippen LogP contribution in [0.3, 0.4) is 0 Å². The molecule has 0 saturated heterocycles. The average Bonchev–Trinajstić information content (AvgIpc) is 3.23. The zero-order valence-electron chi connectivity index (χ0n) is 11.8. The van der Waals surface area contributed by atoms with Crippen LogP contribution >= 0.6 is 0 Å². The van der Waals surface area contributed by atoms with Gasteiger partial charge in [-0.3, -0.25) is 9.89 Å². The number of amides is 1. The number of nitrogen functional groups attached to an aromatic ring is 1. The molecule has 0 bridgehead atoms. The normalized spacial score (nSPS) is 14.1. The molecule has 1 amide bonds. The number of carbonyl (C=O) groups is 1. The smallest absolute Gasteiger partial charge is 0.280 e. The Morgan fingerprint density at radius 2 is 2.29 bits per heavy atom. The van der Waals surface area contributed by atoms with E-state index in [2.05, 4.69) is 10.2 Å². The van der Waals surface area contributed by atoms with Crippen LogP contribution in [0.15, 0.2) is 24.3 Å². The van der Waals surface area contributed by atoms with Crippen molar-refractivity contribution >= 4 is 17.3 Å². The lowest BCUT2D eigenvalue weighted by Crippen LogP contribution is -2.31. The molecule has 1 aromatic heterocycles. The number of anilines is 2. The van der Waals surface area contributed by atoms with Crippen molar-refractivity contribution < 1.29 is 9.90 Å². The van der Waals surface area contributed by atoms with E-state index in [9.17, 15) is 9.90 Å². The van der Waals surface area contributed by atoms with E-state index in [1.54, 1.807) is 29.2 Å². The zero-order chi connectivity index (χ0) is 15.0. The highest BCUT2D eigenvalue weighted by atomic mass is 16.3. The third kappa shape index (κ3) is 2.44. The third-order valence-corrected chi connectivity index (χ3v) is 3.72. The highest BCUT2D eigenvalue weighted by molar-refractivity contribution is 6.08. The van der Waals surface area contributed by atoms with Crippen molar-refractivity contribution in [2.24, 2.45) is 0 Å². The summed E-state index contributed by atoms with van der Waals surface area (Å²) in [6, 6.07) is 6.58. The van der Waals surface area contributed by atoms with E-state index in [4.69, 9.17) is 5.73 Å². The van der Waals surface area contributed by atoms with Crippen molar-refractivity contribution in [3.8, 4) is 5.75 Å². The summed E-state index contributed by atoms with van der Waals surface area (Å²) in [6.45, 7) is 2.33. The van der Waals surface area contributed by atoms with Crippen molar-refractivity contribution in [2.75, 3.05) is 17.2 Å². The first-order chi connectivity index (χ1) is 10.1. The molecular formula is C15H18N4O2. The summed E-state index contributed by atoms with van der Waals surface area (Å²) in [5.74, 6) is 0.270. The molecule has 1 fully saturated rings. The predicted octanol–water partition coefficient (Wildman–Crippen LogP) is 2.24. The van der Waals surface area contributed by atoms with Crippen LogP contribution in [-0.2, 0) is 0 Å². The Labute approximate surface area is 122 Å². The fraction of sp³-hybridized carbons (Fsp3) is 0.333. The molecule has 2 aromatic rings. The summed E-state index contributed by atoms with van der Waals surface area (Å²) >= 11 is 0. The number of nitrogens with one attached hydrogen (secondary N) is 1. The molecule has 0 atom stereocenters. The number of nitrogens with two attached hydrogens (primary N) is 1. The number of phenolic OH excluding ortho intramolecular Hbond substituents is 1. The average molecular weight is 286 g/mol. The van der Waals surface area contributed by atoms with E-state index in [1.165, 1.54) is 0 Å². The van der Waals surface area contributed by atoms with Crippen LogP contribution in [0.2, 0.25) is 0 Å². The Morgan fingerprint density at radius 3 is 2.90 bits per heavy atom. The number of benzene rings is 1. The summed E-state index contributed by atoms with van der Waals surface area (Å²) in [5.41, 5.74) is 8.24. The van der Waals surface area contributed by atoms with E-state index >= 15 is 0 Å². The van der Waals surface area contributed by atoms with Gasteiger partial charge in [0.1, 0.15) is 5.75 Å². The van der Waals surface area contributed by atoms with Crippen molar-refractivity contribution in [1.29, 1.82) is 0 Å². The van der Waals surface area contributed by atoms with Gasteiger partial charge in [-0.25, -0.2) is 0 Å². The molecule has 6 heteroatoms. The largest absolute Gasteiger partial charge is 0.508 e. The molecule has 1 heterocycles. The molecule has 4 N–H and O–H groups in total. The first-order valence-electron chi connectivity index (χ1n) is 7.06. The molecule has 3 rings (SSSR count). The molecule has 1 saturated carbocycles. The molecule has 0 spiro atoms. The van der Waals surface area contributed by atoms with Crippen LogP contribution in [-0.4, -0.2) is 27.8 Å². The van der Waals surface area contributed by atoms with Gasteiger partial charge in [0.25, 0.3) is 5.91 Å². The van der Waals surface area contributed by atoms with Gasteiger partial charge >= 0.3 is 0 Å². The van der Waals surface area contributed by atoms with Gasteiger partial charge in [-0.05, 0) is 31.9 Å². The van der Waals surface area contributed by atoms with Crippen LogP contribution in [0.5, 0.6) is 5.75 Å². The first kappa shape index (κ1) is 13.5. The second kappa shape index (κ2) is 5.12. The monoisotopic (exact) mass is 286 g/mol. The van der Waals surface area contributed by atoms with Gasteiger partial charge in [0.2, 0.25) is 0 Å². The standard InChI is InChI=1S/C15H18N4O2/c1-2-19(10-4-3-5-11(20)8-10)15(21)14-12(16)13(17-18-14)9-6-7-9/h3-5,8-9,20H,2,6-7,16H2,1H3,(H,17,18). The van der Waals surface area contributed by atoms with Gasteiger partial charge in [-0.1, -0.05) is 6.07 Å². The Balaban J connectivity index is 1.92. The lowest BCUT2D eigenvalue weighted by molar-refractivity contribution is 0.0984. The molecule has 110 valence electrons. The maximum Gasteiger partial charge on any atom is 0.280 e. The summed E-state index contributed by atoms with van der Waals surface area (Å²) in [5, 5.41) is 16.5. The molecule has 0 aliphatic heterocycles. The summed E-state index contributed by atoms with van der Waals surface area (Å²) in [6.07, 6.45) is 2.17. The lowest BCUT2D eigenvalue weighted by Gasteiger charge is -2.20. The highest BCUT2D eigenvalue weighted by Gasteiger charge is 2.31. The maximum atomic E-state index is 12.6. The second-order valence-electron chi connectivity index (χ2n) is 5.24. The van der Waals surface area contributed by atoms with Crippen LogP contribution in [0.4, 0.5) is 11.4 Å². The maximum absolute atomic E-state index is 12.6. The molecule has 1 aliphatic carbocycles. The van der Waals surface area contributed by atoms with Crippen molar-refractivity contribution in [3.63, 3.8) is 0 Å². The Kier molecular flexibility index (Phi) is 3.29. The fourth-order valence-corrected chi connectivity index (χ4v) is 2.44. The lowest BCUT2D eigenvalue weighted by atomic mass is 10.2. The van der Waals surface area contributed by atoms with Crippen LogP contribution in [0.25, 0.3) is 0 Å². The van der Waals surface area contributed by atoms with Gasteiger partial charge in [0.15, 0.2) is 5.69 Å². The number of hydrogen-bond donors (Lipinski definition) is 3. The number of rotatable bonds is 4. The number of aromatic hydroxyl groups is 1. The molecule has 1 aromatic carbocycles. The van der Waals surface area contributed by atoms with E-state index in [0.717, 1.165) is 18.5 Å². The van der Waals surface area contributed by atoms with Gasteiger partial charge in [-0.2, -0.15) is 5.10 Å². The minimum atomic E-state index is -0.260. The van der Waals surface area contributed by atoms with Crippen LogP contribution in [0, 0.1) is 0 Å². The minimum absolute atomic E-state index is 0.118. The van der Waals surface area contributed by atoms with Crippen LogP contribution < -0.4 is 10.6 Å². The number of carbonyl (C=O) groups excluding carboxylic acids is 1. The number of hydrogen-bond acceptors (Lipinski definition) is 4. The molecule has 21 heavy (non-hydrogen) atoms. The SMILES string of the molecule is CCN(C(=O)c1n[nH]c(C2CC2)c1N)c1cccc(O)c1. The topological polar surface area (TPSA) is 95.2 Å². The Hall–Kier alpha value is -2.50. The van der Waals surface area contributed by atoms with Crippen LogP contribution in [0.1, 0.15) is 41.9 Å². The van der Waals surface area contributed by atoms with E-state index in [1.807, 2.05) is 6.92 Å². The summed E-state index contributed by atoms with van der Waals surface area (Å²) in [4.78, 5) is 14.2. The first-order valence-corrected chi connectivity index (χ1v) is 7.06. The van der Waals surface area contributed by atoms with E-state index in [-0.39, 0.29) is 17.4 Å².